The zero-order chi connectivity index (χ0) is 15.1. The molecule has 0 unspecified atom stereocenters. The Balaban J connectivity index is 1.91. The van der Waals surface area contributed by atoms with Gasteiger partial charge in [0.1, 0.15) is 0 Å². The van der Waals surface area contributed by atoms with Crippen LogP contribution in [-0.4, -0.2) is 16.1 Å². The summed E-state index contributed by atoms with van der Waals surface area (Å²) < 4.78 is 0. The van der Waals surface area contributed by atoms with Gasteiger partial charge in [-0.2, -0.15) is 0 Å². The zero-order valence-corrected chi connectivity index (χ0v) is 13.1. The second kappa shape index (κ2) is 7.58. The van der Waals surface area contributed by atoms with Crippen molar-refractivity contribution in [3.8, 4) is 0 Å². The number of nitrogens with zero attached hydrogens (tertiary/aromatic N) is 1. The number of pyridine rings is 1. The second-order valence-electron chi connectivity index (χ2n) is 6.49. The molecule has 21 heavy (non-hydrogen) atoms. The number of hydrogen-bond acceptors (Lipinski definition) is 2. The number of carbonyl (C=O) groups is 1. The van der Waals surface area contributed by atoms with E-state index in [2.05, 4.69) is 11.9 Å². The molecule has 0 bridgehead atoms. The predicted octanol–water partition coefficient (Wildman–Crippen LogP) is 4.47. The predicted molar refractivity (Wildman–Crippen MR) is 84.1 cm³/mol. The minimum absolute atomic E-state index is 0.514. The van der Waals surface area contributed by atoms with Crippen LogP contribution in [0.4, 0.5) is 0 Å². The van der Waals surface area contributed by atoms with Crippen molar-refractivity contribution in [1.82, 2.24) is 4.98 Å². The summed E-state index contributed by atoms with van der Waals surface area (Å²) in [7, 11) is 0. The van der Waals surface area contributed by atoms with E-state index in [0.29, 0.717) is 0 Å². The molecule has 0 aromatic carbocycles. The van der Waals surface area contributed by atoms with E-state index in [4.69, 9.17) is 0 Å². The monoisotopic (exact) mass is 289 g/mol. The maximum atomic E-state index is 11.8. The highest BCUT2D eigenvalue weighted by molar-refractivity contribution is 5.74. The molecule has 0 radical (unpaired) electrons. The smallest absolute Gasteiger partial charge is 0.309 e. The van der Waals surface area contributed by atoms with Gasteiger partial charge in [0.05, 0.1) is 5.41 Å². The lowest BCUT2D eigenvalue weighted by molar-refractivity contribution is -0.152. The summed E-state index contributed by atoms with van der Waals surface area (Å²) >= 11 is 0. The van der Waals surface area contributed by atoms with E-state index >= 15 is 0 Å². The molecule has 1 aromatic heterocycles. The number of aromatic nitrogens is 1. The average molecular weight is 289 g/mol. The number of unbranched alkanes of at least 4 members (excludes halogenated alkanes) is 1. The Morgan fingerprint density at radius 1 is 1.38 bits per heavy atom. The summed E-state index contributed by atoms with van der Waals surface area (Å²) in [4.78, 5) is 16.1. The maximum absolute atomic E-state index is 11.8. The minimum atomic E-state index is -0.604. The second-order valence-corrected chi connectivity index (χ2v) is 6.49. The van der Waals surface area contributed by atoms with Crippen LogP contribution in [0.1, 0.15) is 64.0 Å². The Morgan fingerprint density at radius 3 is 2.71 bits per heavy atom. The van der Waals surface area contributed by atoms with E-state index in [1.807, 2.05) is 18.2 Å². The van der Waals surface area contributed by atoms with E-state index in [1.54, 1.807) is 6.20 Å². The number of hydrogen-bond donors (Lipinski definition) is 1. The molecule has 0 atom stereocenters. The molecule has 1 N–H and O–H groups in total. The molecule has 3 nitrogen and oxygen atoms in total. The Kier molecular flexibility index (Phi) is 5.77. The van der Waals surface area contributed by atoms with Crippen LogP contribution in [0.5, 0.6) is 0 Å². The van der Waals surface area contributed by atoms with E-state index in [1.165, 1.54) is 19.3 Å². The third kappa shape index (κ3) is 4.29. The first-order valence-corrected chi connectivity index (χ1v) is 8.29. The molecule has 0 aliphatic heterocycles. The first kappa shape index (κ1) is 16.0. The summed E-state index contributed by atoms with van der Waals surface area (Å²) in [5.74, 6) is 0.139. The quantitative estimate of drug-likeness (QED) is 0.806. The highest BCUT2D eigenvalue weighted by Gasteiger charge is 2.41. The van der Waals surface area contributed by atoms with Gasteiger partial charge in [-0.15, -0.1) is 0 Å². The summed E-state index contributed by atoms with van der Waals surface area (Å²) in [6, 6.07) is 5.86. The van der Waals surface area contributed by atoms with Crippen LogP contribution in [0, 0.1) is 11.3 Å². The standard InChI is InChI=1S/C18H27NO2/c1-2-3-6-15-8-11-18(12-9-15,17(20)21)13-10-16-7-4-5-14-19-16/h4-5,7,14-15H,2-3,6,8-13H2,1H3,(H,20,21). The van der Waals surface area contributed by atoms with Crippen molar-refractivity contribution in [2.75, 3.05) is 0 Å². The fraction of sp³-hybridized carbons (Fsp3) is 0.667. The van der Waals surface area contributed by atoms with Crippen molar-refractivity contribution in [1.29, 1.82) is 0 Å². The summed E-state index contributed by atoms with van der Waals surface area (Å²) in [6.07, 6.45) is 10.9. The van der Waals surface area contributed by atoms with Crippen LogP contribution in [0.15, 0.2) is 24.4 Å². The molecule has 1 aliphatic carbocycles. The molecule has 1 aliphatic rings. The van der Waals surface area contributed by atoms with E-state index in [0.717, 1.165) is 50.1 Å². The van der Waals surface area contributed by atoms with Crippen molar-refractivity contribution >= 4 is 5.97 Å². The van der Waals surface area contributed by atoms with E-state index in [-0.39, 0.29) is 0 Å². The third-order valence-electron chi connectivity index (χ3n) is 5.07. The molecular weight excluding hydrogens is 262 g/mol. The molecule has 1 aromatic rings. The van der Waals surface area contributed by atoms with Crippen LogP contribution in [0.25, 0.3) is 0 Å². The molecule has 2 rings (SSSR count). The molecule has 0 amide bonds. The van der Waals surface area contributed by atoms with Gasteiger partial charge < -0.3 is 5.11 Å². The Morgan fingerprint density at radius 2 is 2.14 bits per heavy atom. The number of aliphatic carboxylic acids is 1. The van der Waals surface area contributed by atoms with E-state index < -0.39 is 11.4 Å². The normalized spacial score (nSPS) is 25.7. The van der Waals surface area contributed by atoms with Gasteiger partial charge in [-0.3, -0.25) is 9.78 Å². The average Bonchev–Trinajstić information content (AvgIpc) is 2.53. The SMILES string of the molecule is CCCCC1CCC(CCc2ccccn2)(C(=O)O)CC1. The minimum Gasteiger partial charge on any atom is -0.481 e. The molecule has 0 saturated heterocycles. The van der Waals surface area contributed by atoms with Crippen molar-refractivity contribution < 1.29 is 9.90 Å². The fourth-order valence-corrected chi connectivity index (χ4v) is 3.50. The molecule has 3 heteroatoms. The highest BCUT2D eigenvalue weighted by Crippen LogP contribution is 2.43. The maximum Gasteiger partial charge on any atom is 0.309 e. The third-order valence-corrected chi connectivity index (χ3v) is 5.07. The van der Waals surface area contributed by atoms with Gasteiger partial charge in [0, 0.05) is 11.9 Å². The van der Waals surface area contributed by atoms with Crippen LogP contribution in [0.2, 0.25) is 0 Å². The van der Waals surface area contributed by atoms with Crippen molar-refractivity contribution in [2.24, 2.45) is 11.3 Å². The van der Waals surface area contributed by atoms with E-state index in [9.17, 15) is 9.90 Å². The van der Waals surface area contributed by atoms with Gasteiger partial charge in [-0.25, -0.2) is 0 Å². The molecule has 1 fully saturated rings. The first-order valence-electron chi connectivity index (χ1n) is 8.29. The number of carboxylic acids is 1. The Labute approximate surface area is 127 Å². The molecule has 0 spiro atoms. The van der Waals surface area contributed by atoms with Crippen LogP contribution in [-0.2, 0) is 11.2 Å². The molecule has 1 saturated carbocycles. The molecule has 116 valence electrons. The zero-order valence-electron chi connectivity index (χ0n) is 13.1. The van der Waals surface area contributed by atoms with Crippen LogP contribution >= 0.6 is 0 Å². The van der Waals surface area contributed by atoms with Gasteiger partial charge in [0.25, 0.3) is 0 Å². The number of carboxylic acid groups (broad SMARTS) is 1. The van der Waals surface area contributed by atoms with Crippen LogP contribution < -0.4 is 0 Å². The number of aryl methyl sites for hydroxylation is 1. The van der Waals surface area contributed by atoms with Crippen molar-refractivity contribution in [3.05, 3.63) is 30.1 Å². The molecule has 1 heterocycles. The van der Waals surface area contributed by atoms with Crippen LogP contribution in [0.3, 0.4) is 0 Å². The summed E-state index contributed by atoms with van der Waals surface area (Å²) in [5, 5.41) is 9.71. The van der Waals surface area contributed by atoms with Gasteiger partial charge in [0.2, 0.25) is 0 Å². The Bertz CT molecular complexity index is 436. The van der Waals surface area contributed by atoms with Gasteiger partial charge in [-0.05, 0) is 56.6 Å². The molecular formula is C18H27NO2. The first-order chi connectivity index (χ1) is 10.2. The van der Waals surface area contributed by atoms with Gasteiger partial charge in [0.15, 0.2) is 0 Å². The fourth-order valence-electron chi connectivity index (χ4n) is 3.50. The summed E-state index contributed by atoms with van der Waals surface area (Å²) in [5.41, 5.74) is 0.492. The lowest BCUT2D eigenvalue weighted by atomic mass is 9.67. The lowest BCUT2D eigenvalue weighted by Gasteiger charge is -2.37. The van der Waals surface area contributed by atoms with Crippen molar-refractivity contribution in [2.45, 2.75) is 64.7 Å². The van der Waals surface area contributed by atoms with Gasteiger partial charge in [-0.1, -0.05) is 32.3 Å². The largest absolute Gasteiger partial charge is 0.481 e. The summed E-state index contributed by atoms with van der Waals surface area (Å²) in [6.45, 7) is 2.22. The number of rotatable bonds is 7. The van der Waals surface area contributed by atoms with Crippen molar-refractivity contribution in [3.63, 3.8) is 0 Å². The Hall–Kier alpha value is -1.38. The lowest BCUT2D eigenvalue weighted by Crippen LogP contribution is -2.36. The van der Waals surface area contributed by atoms with Gasteiger partial charge >= 0.3 is 5.97 Å². The highest BCUT2D eigenvalue weighted by atomic mass is 16.4. The topological polar surface area (TPSA) is 50.2 Å².